The van der Waals surface area contributed by atoms with Crippen LogP contribution in [0.4, 0.5) is 17.2 Å². The quantitative estimate of drug-likeness (QED) is 0.537. The van der Waals surface area contributed by atoms with E-state index < -0.39 is 12.9 Å². The fraction of sp³-hybridized carbons (Fsp3) is 0.364. The number of aryl methyl sites for hydroxylation is 2. The number of amides is 2. The van der Waals surface area contributed by atoms with Crippen LogP contribution >= 0.6 is 0 Å². The van der Waals surface area contributed by atoms with E-state index >= 15 is 0 Å². The first-order valence-electron chi connectivity index (χ1n) is 11.5. The SMILES string of the molecule is [2H]C([2H])([2H])NC(=O)c1cnc(NC(=O)C2CC2)cc1Nc1ccc2c(c(CC)nn2C)c1OC. The van der Waals surface area contributed by atoms with E-state index in [9.17, 15) is 9.59 Å². The number of nitrogens with zero attached hydrogens (tertiary/aromatic N) is 3. The fourth-order valence-electron chi connectivity index (χ4n) is 3.56. The first-order valence-corrected chi connectivity index (χ1v) is 10.0. The largest absolute Gasteiger partial charge is 0.494 e. The molecular weight excluding hydrogens is 396 g/mol. The Kier molecular flexibility index (Phi) is 4.55. The zero-order chi connectivity index (χ0) is 24.6. The third-order valence-electron chi connectivity index (χ3n) is 5.31. The van der Waals surface area contributed by atoms with Crippen molar-refractivity contribution in [3.05, 3.63) is 35.7 Å². The predicted octanol–water partition coefficient (Wildman–Crippen LogP) is 2.99. The Bertz CT molecular complexity index is 1270. The minimum atomic E-state index is -2.67. The molecule has 0 bridgehead atoms. The maximum Gasteiger partial charge on any atom is 0.254 e. The van der Waals surface area contributed by atoms with Gasteiger partial charge in [0.25, 0.3) is 5.91 Å². The number of hydrogen-bond donors (Lipinski definition) is 3. The first-order chi connectivity index (χ1) is 16.1. The zero-order valence-electron chi connectivity index (χ0n) is 20.6. The molecule has 0 saturated heterocycles. The van der Waals surface area contributed by atoms with Crippen LogP contribution in [0.5, 0.6) is 5.75 Å². The maximum atomic E-state index is 12.7. The monoisotopic (exact) mass is 425 g/mol. The highest BCUT2D eigenvalue weighted by Gasteiger charge is 2.30. The second-order valence-electron chi connectivity index (χ2n) is 7.42. The molecule has 1 aliphatic carbocycles. The van der Waals surface area contributed by atoms with Crippen LogP contribution < -0.4 is 20.7 Å². The van der Waals surface area contributed by atoms with Crippen molar-refractivity contribution in [2.24, 2.45) is 13.0 Å². The number of pyridine rings is 1. The Morgan fingerprint density at radius 2 is 2.13 bits per heavy atom. The minimum absolute atomic E-state index is 0.00426. The van der Waals surface area contributed by atoms with E-state index in [1.54, 1.807) is 17.9 Å². The number of carbonyl (C=O) groups excluding carboxylic acids is 2. The molecule has 1 saturated carbocycles. The van der Waals surface area contributed by atoms with Gasteiger partial charge in [-0.1, -0.05) is 6.92 Å². The summed E-state index contributed by atoms with van der Waals surface area (Å²) in [5.74, 6) is -0.214. The maximum absolute atomic E-state index is 12.7. The summed E-state index contributed by atoms with van der Waals surface area (Å²) in [6.45, 7) is -0.675. The predicted molar refractivity (Wildman–Crippen MR) is 119 cm³/mol. The van der Waals surface area contributed by atoms with E-state index in [2.05, 4.69) is 20.7 Å². The van der Waals surface area contributed by atoms with Gasteiger partial charge in [0.2, 0.25) is 5.91 Å². The third kappa shape index (κ3) is 3.90. The Labute approximate surface area is 184 Å². The molecule has 1 fully saturated rings. The molecule has 0 atom stereocenters. The van der Waals surface area contributed by atoms with Crippen molar-refractivity contribution in [3.8, 4) is 5.75 Å². The summed E-state index contributed by atoms with van der Waals surface area (Å²) in [7, 11) is 3.39. The molecule has 2 heterocycles. The molecule has 9 heteroatoms. The molecule has 162 valence electrons. The van der Waals surface area contributed by atoms with E-state index in [0.29, 0.717) is 17.9 Å². The Hall–Kier alpha value is -3.62. The van der Waals surface area contributed by atoms with Crippen LogP contribution in [0.3, 0.4) is 0 Å². The van der Waals surface area contributed by atoms with Gasteiger partial charge in [-0.25, -0.2) is 4.98 Å². The van der Waals surface area contributed by atoms with Crippen LogP contribution in [-0.4, -0.2) is 40.7 Å². The highest BCUT2D eigenvalue weighted by molar-refractivity contribution is 6.02. The molecule has 3 aromatic rings. The lowest BCUT2D eigenvalue weighted by Gasteiger charge is -2.16. The van der Waals surface area contributed by atoms with Gasteiger partial charge >= 0.3 is 0 Å². The fourth-order valence-corrected chi connectivity index (χ4v) is 3.56. The summed E-state index contributed by atoms with van der Waals surface area (Å²) in [5, 5.41) is 13.3. The molecule has 31 heavy (non-hydrogen) atoms. The number of ether oxygens (including phenoxy) is 1. The Balaban J connectivity index is 1.77. The topological polar surface area (TPSA) is 110 Å². The van der Waals surface area contributed by atoms with Crippen LogP contribution in [0.25, 0.3) is 10.9 Å². The van der Waals surface area contributed by atoms with Gasteiger partial charge in [-0.05, 0) is 31.4 Å². The van der Waals surface area contributed by atoms with Crippen molar-refractivity contribution in [3.63, 3.8) is 0 Å². The number of fused-ring (bicyclic) bond motifs is 1. The number of nitrogens with one attached hydrogen (secondary N) is 3. The van der Waals surface area contributed by atoms with Crippen LogP contribution in [0.2, 0.25) is 0 Å². The van der Waals surface area contributed by atoms with Crippen molar-refractivity contribution in [1.82, 2.24) is 20.1 Å². The Morgan fingerprint density at radius 3 is 2.81 bits per heavy atom. The number of aromatic nitrogens is 3. The summed E-state index contributed by atoms with van der Waals surface area (Å²) >= 11 is 0. The van der Waals surface area contributed by atoms with E-state index in [0.717, 1.165) is 29.4 Å². The summed E-state index contributed by atoms with van der Waals surface area (Å²) in [5.41, 5.74) is 2.55. The molecule has 3 N–H and O–H groups in total. The van der Waals surface area contributed by atoms with Gasteiger partial charge in [-0.15, -0.1) is 0 Å². The van der Waals surface area contributed by atoms with Crippen molar-refractivity contribution < 1.29 is 18.4 Å². The third-order valence-corrected chi connectivity index (χ3v) is 5.31. The van der Waals surface area contributed by atoms with E-state index in [1.165, 1.54) is 12.3 Å². The smallest absolute Gasteiger partial charge is 0.254 e. The van der Waals surface area contributed by atoms with Gasteiger partial charge in [-0.3, -0.25) is 14.3 Å². The van der Waals surface area contributed by atoms with E-state index in [-0.39, 0.29) is 28.9 Å². The lowest BCUT2D eigenvalue weighted by atomic mass is 10.1. The second kappa shape index (κ2) is 8.25. The molecule has 0 aliphatic heterocycles. The average Bonchev–Trinajstić information content (AvgIpc) is 3.57. The number of rotatable bonds is 7. The number of carbonyl (C=O) groups is 2. The molecule has 4 rings (SSSR count). The van der Waals surface area contributed by atoms with Gasteiger partial charge in [0, 0.05) is 36.3 Å². The van der Waals surface area contributed by atoms with Gasteiger partial charge < -0.3 is 20.7 Å². The second-order valence-corrected chi connectivity index (χ2v) is 7.42. The standard InChI is InChI=1S/C22H26N6O3/c1-5-14-19-17(28(3)27-14)9-8-15(20(19)31-4)25-16-10-18(26-21(29)12-6-7-12)24-11-13(16)22(30)23-2/h8-12H,5-7H2,1-4H3,(H,23,30)(H2,24,25,26,29)/i2D3. The lowest BCUT2D eigenvalue weighted by molar-refractivity contribution is -0.117. The van der Waals surface area contributed by atoms with Crippen LogP contribution in [0, 0.1) is 5.92 Å². The first kappa shape index (κ1) is 17.1. The number of benzene rings is 1. The molecule has 1 aliphatic rings. The molecular formula is C22H26N6O3. The van der Waals surface area contributed by atoms with Crippen LogP contribution in [0.1, 0.15) is 39.9 Å². The van der Waals surface area contributed by atoms with E-state index in [4.69, 9.17) is 8.85 Å². The van der Waals surface area contributed by atoms with Gasteiger partial charge in [0.15, 0.2) is 5.75 Å². The highest BCUT2D eigenvalue weighted by Crippen LogP contribution is 2.38. The summed E-state index contributed by atoms with van der Waals surface area (Å²) < 4.78 is 29.6. The normalized spacial score (nSPS) is 15.0. The number of anilines is 3. The summed E-state index contributed by atoms with van der Waals surface area (Å²) in [4.78, 5) is 29.1. The minimum Gasteiger partial charge on any atom is -0.494 e. The van der Waals surface area contributed by atoms with Crippen LogP contribution in [0.15, 0.2) is 24.4 Å². The molecule has 0 unspecified atom stereocenters. The molecule has 2 aromatic heterocycles. The van der Waals surface area contributed by atoms with E-state index in [1.807, 2.05) is 25.4 Å². The van der Waals surface area contributed by atoms with Gasteiger partial charge in [0.1, 0.15) is 5.82 Å². The lowest BCUT2D eigenvalue weighted by Crippen LogP contribution is -2.20. The van der Waals surface area contributed by atoms with Gasteiger partial charge in [-0.2, -0.15) is 5.10 Å². The zero-order valence-corrected chi connectivity index (χ0v) is 17.6. The molecule has 2 amide bonds. The van der Waals surface area contributed by atoms with Crippen LogP contribution in [-0.2, 0) is 18.3 Å². The number of hydrogen-bond acceptors (Lipinski definition) is 6. The molecule has 1 aromatic carbocycles. The highest BCUT2D eigenvalue weighted by atomic mass is 16.5. The Morgan fingerprint density at radius 1 is 1.32 bits per heavy atom. The summed E-state index contributed by atoms with van der Waals surface area (Å²) in [6.07, 6.45) is 3.59. The van der Waals surface area contributed by atoms with Crippen molar-refractivity contribution in [2.75, 3.05) is 24.7 Å². The van der Waals surface area contributed by atoms with Crippen molar-refractivity contribution in [1.29, 1.82) is 0 Å². The molecule has 0 radical (unpaired) electrons. The summed E-state index contributed by atoms with van der Waals surface area (Å²) in [6, 6.07) is 5.17. The average molecular weight is 426 g/mol. The number of methoxy groups -OCH3 is 1. The van der Waals surface area contributed by atoms with Crippen molar-refractivity contribution in [2.45, 2.75) is 26.2 Å². The van der Waals surface area contributed by atoms with Crippen molar-refractivity contribution >= 4 is 39.9 Å². The molecule has 0 spiro atoms. The van der Waals surface area contributed by atoms with Gasteiger partial charge in [0.05, 0.1) is 40.6 Å². The molecule has 9 nitrogen and oxygen atoms in total.